The summed E-state index contributed by atoms with van der Waals surface area (Å²) in [7, 11) is -1.24. The van der Waals surface area contributed by atoms with E-state index < -0.39 is 10.0 Å². The molecule has 0 aliphatic carbocycles. The molecule has 1 amide bonds. The summed E-state index contributed by atoms with van der Waals surface area (Å²) in [5.41, 5.74) is 0.570. The van der Waals surface area contributed by atoms with Crippen LogP contribution in [0.25, 0.3) is 0 Å². The van der Waals surface area contributed by atoms with E-state index in [1.54, 1.807) is 4.90 Å². The van der Waals surface area contributed by atoms with E-state index in [0.717, 1.165) is 0 Å². The molecule has 136 valence electrons. The van der Waals surface area contributed by atoms with Crippen LogP contribution in [0.2, 0.25) is 0 Å². The summed E-state index contributed by atoms with van der Waals surface area (Å²) < 4.78 is 34.8. The third kappa shape index (κ3) is 3.99. The highest BCUT2D eigenvalue weighted by molar-refractivity contribution is 7.89. The molecule has 1 aromatic carbocycles. The molecule has 0 bridgehead atoms. The lowest BCUT2D eigenvalue weighted by Crippen LogP contribution is -2.33. The quantitative estimate of drug-likeness (QED) is 0.764. The molecule has 0 aromatic heterocycles. The van der Waals surface area contributed by atoms with Gasteiger partial charge in [0.05, 0.1) is 24.7 Å². The number of rotatable bonds is 8. The lowest BCUT2D eigenvalue weighted by Gasteiger charge is -2.24. The van der Waals surface area contributed by atoms with E-state index in [9.17, 15) is 13.2 Å². The number of primary sulfonamides is 1. The number of sulfonamides is 1. The topological polar surface area (TPSA) is 98.9 Å². The van der Waals surface area contributed by atoms with Gasteiger partial charge >= 0.3 is 0 Å². The molecule has 0 spiro atoms. The second kappa shape index (κ2) is 8.34. The number of benzene rings is 1. The van der Waals surface area contributed by atoms with Crippen LogP contribution in [-0.4, -0.2) is 46.5 Å². The fourth-order valence-electron chi connectivity index (χ4n) is 2.66. The number of ether oxygens (including phenoxy) is 2. The van der Waals surface area contributed by atoms with Gasteiger partial charge in [-0.25, -0.2) is 13.6 Å². The van der Waals surface area contributed by atoms with Crippen LogP contribution in [0.4, 0.5) is 0 Å². The zero-order valence-electron chi connectivity index (χ0n) is 14.9. The summed E-state index contributed by atoms with van der Waals surface area (Å²) in [4.78, 5) is 14.3. The standard InChI is InChI=1S/C16H26N2O5S/c1-6-9-11-14(16(19)18(7-2)8-3)13(24(17,20)21)10-12(22-4)15(11)23-5/h10H,6-9H2,1-5H3,(H2,17,20,21). The van der Waals surface area contributed by atoms with Crippen LogP contribution < -0.4 is 14.6 Å². The molecule has 0 aliphatic rings. The fourth-order valence-corrected chi connectivity index (χ4v) is 3.43. The Balaban J connectivity index is 3.89. The highest BCUT2D eigenvalue weighted by Crippen LogP contribution is 2.38. The van der Waals surface area contributed by atoms with E-state index in [0.29, 0.717) is 37.2 Å². The molecule has 0 atom stereocenters. The average Bonchev–Trinajstić information content (AvgIpc) is 2.53. The molecule has 1 rings (SSSR count). The van der Waals surface area contributed by atoms with Crippen LogP contribution in [0, 0.1) is 0 Å². The average molecular weight is 358 g/mol. The van der Waals surface area contributed by atoms with E-state index in [-0.39, 0.29) is 22.1 Å². The Morgan fingerprint density at radius 1 is 1.17 bits per heavy atom. The first-order chi connectivity index (χ1) is 11.3. The lowest BCUT2D eigenvalue weighted by molar-refractivity contribution is 0.0767. The number of hydrogen-bond acceptors (Lipinski definition) is 5. The molecular formula is C16H26N2O5S. The summed E-state index contributed by atoms with van der Waals surface area (Å²) in [6, 6.07) is 1.25. The molecular weight excluding hydrogens is 332 g/mol. The molecule has 1 aromatic rings. The summed E-state index contributed by atoms with van der Waals surface area (Å²) in [5, 5.41) is 5.36. The minimum atomic E-state index is -4.11. The van der Waals surface area contributed by atoms with Gasteiger partial charge in [-0.15, -0.1) is 0 Å². The third-order valence-electron chi connectivity index (χ3n) is 3.80. The van der Waals surface area contributed by atoms with Crippen molar-refractivity contribution in [3.8, 4) is 11.5 Å². The predicted octanol–water partition coefficient (Wildman–Crippen LogP) is 1.79. The normalized spacial score (nSPS) is 11.2. The van der Waals surface area contributed by atoms with Gasteiger partial charge in [-0.3, -0.25) is 4.79 Å². The van der Waals surface area contributed by atoms with Crippen molar-refractivity contribution < 1.29 is 22.7 Å². The molecule has 0 aliphatic heterocycles. The Morgan fingerprint density at radius 3 is 2.12 bits per heavy atom. The monoisotopic (exact) mass is 358 g/mol. The third-order valence-corrected chi connectivity index (χ3v) is 4.74. The van der Waals surface area contributed by atoms with Crippen molar-refractivity contribution in [3.63, 3.8) is 0 Å². The van der Waals surface area contributed by atoms with E-state index in [4.69, 9.17) is 14.6 Å². The Bertz CT molecular complexity index is 697. The van der Waals surface area contributed by atoms with Crippen molar-refractivity contribution in [1.29, 1.82) is 0 Å². The van der Waals surface area contributed by atoms with Gasteiger partial charge < -0.3 is 14.4 Å². The molecule has 0 radical (unpaired) electrons. The minimum absolute atomic E-state index is 0.0701. The second-order valence-electron chi connectivity index (χ2n) is 5.24. The van der Waals surface area contributed by atoms with Gasteiger partial charge in [-0.05, 0) is 20.3 Å². The number of hydrogen-bond donors (Lipinski definition) is 1. The van der Waals surface area contributed by atoms with E-state index >= 15 is 0 Å². The SMILES string of the molecule is CCCc1c(OC)c(OC)cc(S(N)(=O)=O)c1C(=O)N(CC)CC. The van der Waals surface area contributed by atoms with Gasteiger partial charge in [0, 0.05) is 24.7 Å². The minimum Gasteiger partial charge on any atom is -0.493 e. The molecule has 0 saturated carbocycles. The van der Waals surface area contributed by atoms with Gasteiger partial charge in [0.1, 0.15) is 0 Å². The van der Waals surface area contributed by atoms with Crippen molar-refractivity contribution in [2.75, 3.05) is 27.3 Å². The van der Waals surface area contributed by atoms with Gasteiger partial charge in [-0.1, -0.05) is 13.3 Å². The smallest absolute Gasteiger partial charge is 0.255 e. The zero-order valence-corrected chi connectivity index (χ0v) is 15.7. The predicted molar refractivity (Wildman–Crippen MR) is 92.2 cm³/mol. The molecule has 0 fully saturated rings. The second-order valence-corrected chi connectivity index (χ2v) is 6.77. The van der Waals surface area contributed by atoms with Crippen LogP contribution >= 0.6 is 0 Å². The van der Waals surface area contributed by atoms with E-state index in [1.165, 1.54) is 20.3 Å². The number of methoxy groups -OCH3 is 2. The number of nitrogens with two attached hydrogens (primary N) is 1. The molecule has 0 unspecified atom stereocenters. The highest BCUT2D eigenvalue weighted by atomic mass is 32.2. The molecule has 2 N–H and O–H groups in total. The summed E-state index contributed by atoms with van der Waals surface area (Å²) in [5.74, 6) is 0.219. The number of carbonyl (C=O) groups excluding carboxylic acids is 1. The van der Waals surface area contributed by atoms with Crippen LogP contribution in [0.5, 0.6) is 11.5 Å². The molecule has 0 saturated heterocycles. The molecule has 0 heterocycles. The van der Waals surface area contributed by atoms with Crippen molar-refractivity contribution in [2.45, 2.75) is 38.5 Å². The van der Waals surface area contributed by atoms with Crippen LogP contribution in [0.1, 0.15) is 43.1 Å². The first kappa shape index (κ1) is 20.2. The van der Waals surface area contributed by atoms with Crippen molar-refractivity contribution in [1.82, 2.24) is 4.90 Å². The first-order valence-corrected chi connectivity index (χ1v) is 9.41. The van der Waals surface area contributed by atoms with Crippen molar-refractivity contribution >= 4 is 15.9 Å². The van der Waals surface area contributed by atoms with Crippen LogP contribution in [-0.2, 0) is 16.4 Å². The first-order valence-electron chi connectivity index (χ1n) is 7.86. The van der Waals surface area contributed by atoms with E-state index in [2.05, 4.69) is 0 Å². The molecule has 8 heteroatoms. The number of carbonyl (C=O) groups is 1. The van der Waals surface area contributed by atoms with Gasteiger partial charge in [0.25, 0.3) is 5.91 Å². The molecule has 24 heavy (non-hydrogen) atoms. The number of nitrogens with zero attached hydrogens (tertiary/aromatic N) is 1. The fraction of sp³-hybridized carbons (Fsp3) is 0.562. The van der Waals surface area contributed by atoms with Gasteiger partial charge in [0.15, 0.2) is 11.5 Å². The maximum atomic E-state index is 12.9. The van der Waals surface area contributed by atoms with Crippen molar-refractivity contribution in [2.24, 2.45) is 5.14 Å². The van der Waals surface area contributed by atoms with Crippen LogP contribution in [0.15, 0.2) is 11.0 Å². The van der Waals surface area contributed by atoms with Crippen LogP contribution in [0.3, 0.4) is 0 Å². The van der Waals surface area contributed by atoms with E-state index in [1.807, 2.05) is 20.8 Å². The highest BCUT2D eigenvalue weighted by Gasteiger charge is 2.30. The Labute approximate surface area is 143 Å². The summed E-state index contributed by atoms with van der Waals surface area (Å²) >= 11 is 0. The zero-order chi connectivity index (χ0) is 18.5. The summed E-state index contributed by atoms with van der Waals surface area (Å²) in [6.07, 6.45) is 1.16. The van der Waals surface area contributed by atoms with Gasteiger partial charge in [0.2, 0.25) is 10.0 Å². The lowest BCUT2D eigenvalue weighted by atomic mass is 9.99. The van der Waals surface area contributed by atoms with Crippen molar-refractivity contribution in [3.05, 3.63) is 17.2 Å². The Morgan fingerprint density at radius 2 is 1.75 bits per heavy atom. The Hall–Kier alpha value is -1.80. The number of amides is 1. The Kier molecular flexibility index (Phi) is 7.04. The maximum absolute atomic E-state index is 12.9. The molecule has 7 nitrogen and oxygen atoms in total. The largest absolute Gasteiger partial charge is 0.493 e. The van der Waals surface area contributed by atoms with Gasteiger partial charge in [-0.2, -0.15) is 0 Å². The summed E-state index contributed by atoms with van der Waals surface area (Å²) in [6.45, 7) is 6.51. The maximum Gasteiger partial charge on any atom is 0.255 e.